The zero-order chi connectivity index (χ0) is 13.2. The Morgan fingerprint density at radius 2 is 2.32 bits per heavy atom. The van der Waals surface area contributed by atoms with Gasteiger partial charge in [-0.15, -0.1) is 0 Å². The van der Waals surface area contributed by atoms with Crippen LogP contribution in [0.15, 0.2) is 28.8 Å². The van der Waals surface area contributed by atoms with Crippen LogP contribution in [-0.2, 0) is 13.0 Å². The molecule has 4 nitrogen and oxygen atoms in total. The first kappa shape index (κ1) is 12.4. The van der Waals surface area contributed by atoms with Gasteiger partial charge in [-0.1, -0.05) is 29.9 Å². The van der Waals surface area contributed by atoms with Crippen molar-refractivity contribution in [1.82, 2.24) is 9.97 Å². The zero-order valence-corrected chi connectivity index (χ0v) is 11.9. The molecule has 0 bridgehead atoms. The van der Waals surface area contributed by atoms with Gasteiger partial charge in [-0.05, 0) is 18.2 Å². The molecule has 0 saturated heterocycles. The van der Waals surface area contributed by atoms with E-state index in [2.05, 4.69) is 15.3 Å². The molecule has 1 aromatic carbocycles. The van der Waals surface area contributed by atoms with E-state index in [0.717, 1.165) is 27.5 Å². The summed E-state index contributed by atoms with van der Waals surface area (Å²) >= 11 is 7.53. The number of nitrogens with zero attached hydrogens (tertiary/aromatic N) is 2. The van der Waals surface area contributed by atoms with Gasteiger partial charge < -0.3 is 9.73 Å². The summed E-state index contributed by atoms with van der Waals surface area (Å²) < 4.78 is 6.63. The van der Waals surface area contributed by atoms with Crippen molar-refractivity contribution in [2.75, 3.05) is 5.32 Å². The number of hydrogen-bond donors (Lipinski definition) is 1. The molecule has 3 rings (SSSR count). The number of rotatable bonds is 4. The fourth-order valence-electron chi connectivity index (χ4n) is 1.72. The Balaban J connectivity index is 1.74. The molecule has 0 atom stereocenters. The Hall–Kier alpha value is -1.59. The van der Waals surface area contributed by atoms with Crippen LogP contribution in [0.25, 0.3) is 10.2 Å². The molecule has 0 unspecified atom stereocenters. The van der Waals surface area contributed by atoms with E-state index in [1.807, 2.05) is 25.1 Å². The topological polar surface area (TPSA) is 51.0 Å². The minimum absolute atomic E-state index is 0.535. The van der Waals surface area contributed by atoms with Crippen molar-refractivity contribution in [1.29, 1.82) is 0 Å². The predicted molar refractivity (Wildman–Crippen MR) is 77.8 cm³/mol. The van der Waals surface area contributed by atoms with E-state index in [4.69, 9.17) is 16.0 Å². The lowest BCUT2D eigenvalue weighted by Gasteiger charge is -1.97. The molecular weight excluding hydrogens is 282 g/mol. The summed E-state index contributed by atoms with van der Waals surface area (Å²) in [6.45, 7) is 2.57. The van der Waals surface area contributed by atoms with Crippen LogP contribution in [0.2, 0.25) is 5.02 Å². The first-order valence-corrected chi connectivity index (χ1v) is 7.17. The second-order valence-electron chi connectivity index (χ2n) is 4.06. The Kier molecular flexibility index (Phi) is 3.40. The highest BCUT2D eigenvalue weighted by atomic mass is 35.5. The molecule has 19 heavy (non-hydrogen) atoms. The molecule has 6 heteroatoms. The third kappa shape index (κ3) is 2.72. The fraction of sp³-hybridized carbons (Fsp3) is 0.231. The maximum absolute atomic E-state index is 5.94. The number of nitrogens with one attached hydrogen (secondary N) is 1. The summed E-state index contributed by atoms with van der Waals surface area (Å²) in [6, 6.07) is 5.70. The molecule has 0 amide bonds. The minimum Gasteiger partial charge on any atom is -0.444 e. The van der Waals surface area contributed by atoms with Gasteiger partial charge in [0.15, 0.2) is 5.13 Å². The molecule has 98 valence electrons. The van der Waals surface area contributed by atoms with E-state index in [9.17, 15) is 0 Å². The average molecular weight is 294 g/mol. The number of oxazole rings is 1. The molecule has 0 aliphatic rings. The summed E-state index contributed by atoms with van der Waals surface area (Å²) in [5, 5.41) is 4.76. The highest BCUT2D eigenvalue weighted by Crippen LogP contribution is 2.28. The van der Waals surface area contributed by atoms with Crippen LogP contribution in [0, 0.1) is 0 Å². The number of anilines is 1. The molecule has 0 fully saturated rings. The lowest BCUT2D eigenvalue weighted by molar-refractivity contribution is 0.466. The van der Waals surface area contributed by atoms with Crippen molar-refractivity contribution in [2.45, 2.75) is 19.9 Å². The van der Waals surface area contributed by atoms with E-state index in [-0.39, 0.29) is 0 Å². The van der Waals surface area contributed by atoms with E-state index in [1.165, 1.54) is 0 Å². The molecule has 0 spiro atoms. The molecule has 0 saturated carbocycles. The standard InChI is InChI=1S/C13H12ClN3OS/c1-2-9-6-15-12(18-9)7-16-13-17-10-5-8(14)3-4-11(10)19-13/h3-6H,2,7H2,1H3,(H,16,17). The van der Waals surface area contributed by atoms with Crippen LogP contribution in [0.1, 0.15) is 18.6 Å². The predicted octanol–water partition coefficient (Wildman–Crippen LogP) is 4.11. The molecule has 2 heterocycles. The molecule has 2 aromatic heterocycles. The van der Waals surface area contributed by atoms with Crippen LogP contribution >= 0.6 is 22.9 Å². The molecule has 0 radical (unpaired) electrons. The summed E-state index contributed by atoms with van der Waals surface area (Å²) in [5.41, 5.74) is 0.904. The Morgan fingerprint density at radius 1 is 1.42 bits per heavy atom. The smallest absolute Gasteiger partial charge is 0.213 e. The molecule has 3 aromatic rings. The Labute approximate surface area is 119 Å². The lowest BCUT2D eigenvalue weighted by atomic mass is 10.3. The van der Waals surface area contributed by atoms with E-state index < -0.39 is 0 Å². The van der Waals surface area contributed by atoms with Crippen molar-refractivity contribution >= 4 is 38.3 Å². The van der Waals surface area contributed by atoms with E-state index in [1.54, 1.807) is 17.5 Å². The maximum atomic E-state index is 5.94. The van der Waals surface area contributed by atoms with Crippen molar-refractivity contribution in [3.05, 3.63) is 41.1 Å². The Bertz CT molecular complexity index is 707. The van der Waals surface area contributed by atoms with Gasteiger partial charge in [0, 0.05) is 11.4 Å². The fourth-order valence-corrected chi connectivity index (χ4v) is 2.73. The highest BCUT2D eigenvalue weighted by molar-refractivity contribution is 7.22. The van der Waals surface area contributed by atoms with E-state index in [0.29, 0.717) is 17.5 Å². The van der Waals surface area contributed by atoms with E-state index >= 15 is 0 Å². The first-order valence-electron chi connectivity index (χ1n) is 5.98. The van der Waals surface area contributed by atoms with Gasteiger partial charge in [0.05, 0.1) is 23.0 Å². The van der Waals surface area contributed by atoms with Crippen molar-refractivity contribution in [2.24, 2.45) is 0 Å². The summed E-state index contributed by atoms with van der Waals surface area (Å²) in [4.78, 5) is 8.67. The van der Waals surface area contributed by atoms with Gasteiger partial charge in [-0.2, -0.15) is 0 Å². The van der Waals surface area contributed by atoms with Gasteiger partial charge in [-0.25, -0.2) is 9.97 Å². The number of thiazole rings is 1. The summed E-state index contributed by atoms with van der Waals surface area (Å²) in [6.07, 6.45) is 2.61. The number of hydrogen-bond acceptors (Lipinski definition) is 5. The lowest BCUT2D eigenvalue weighted by Crippen LogP contribution is -1.98. The SMILES string of the molecule is CCc1cnc(CNc2nc3cc(Cl)ccc3s2)o1. The van der Waals surface area contributed by atoms with Crippen LogP contribution in [0.5, 0.6) is 0 Å². The minimum atomic E-state index is 0.535. The number of benzene rings is 1. The van der Waals surface area contributed by atoms with Gasteiger partial charge in [0.25, 0.3) is 0 Å². The highest BCUT2D eigenvalue weighted by Gasteiger charge is 2.06. The van der Waals surface area contributed by atoms with Crippen LogP contribution in [-0.4, -0.2) is 9.97 Å². The van der Waals surface area contributed by atoms with Gasteiger partial charge >= 0.3 is 0 Å². The normalized spacial score (nSPS) is 11.1. The van der Waals surface area contributed by atoms with Crippen LogP contribution in [0.4, 0.5) is 5.13 Å². The number of aryl methyl sites for hydroxylation is 1. The van der Waals surface area contributed by atoms with Crippen LogP contribution in [0.3, 0.4) is 0 Å². The monoisotopic (exact) mass is 293 g/mol. The molecule has 0 aliphatic heterocycles. The zero-order valence-electron chi connectivity index (χ0n) is 10.3. The first-order chi connectivity index (χ1) is 9.24. The largest absolute Gasteiger partial charge is 0.444 e. The van der Waals surface area contributed by atoms with Crippen molar-refractivity contribution in [3.63, 3.8) is 0 Å². The third-order valence-corrected chi connectivity index (χ3v) is 3.92. The summed E-state index contributed by atoms with van der Waals surface area (Å²) in [5.74, 6) is 1.57. The molecule has 1 N–H and O–H groups in total. The number of halogens is 1. The average Bonchev–Trinajstić information content (AvgIpc) is 3.01. The maximum Gasteiger partial charge on any atom is 0.213 e. The van der Waals surface area contributed by atoms with Gasteiger partial charge in [0.1, 0.15) is 5.76 Å². The second kappa shape index (κ2) is 5.19. The van der Waals surface area contributed by atoms with Crippen molar-refractivity contribution in [3.8, 4) is 0 Å². The number of aromatic nitrogens is 2. The second-order valence-corrected chi connectivity index (χ2v) is 5.53. The molecular formula is C13H12ClN3OS. The van der Waals surface area contributed by atoms with Crippen molar-refractivity contribution < 1.29 is 4.42 Å². The van der Waals surface area contributed by atoms with Crippen LogP contribution < -0.4 is 5.32 Å². The van der Waals surface area contributed by atoms with Gasteiger partial charge in [-0.3, -0.25) is 0 Å². The van der Waals surface area contributed by atoms with Gasteiger partial charge in [0.2, 0.25) is 5.89 Å². The third-order valence-electron chi connectivity index (χ3n) is 2.69. The molecule has 0 aliphatic carbocycles. The Morgan fingerprint density at radius 3 is 3.11 bits per heavy atom. The quantitative estimate of drug-likeness (QED) is 0.786. The summed E-state index contributed by atoms with van der Waals surface area (Å²) in [7, 11) is 0. The number of fused-ring (bicyclic) bond motifs is 1.